The summed E-state index contributed by atoms with van der Waals surface area (Å²) in [4.78, 5) is 14.1. The van der Waals surface area contributed by atoms with Crippen molar-refractivity contribution in [1.29, 1.82) is 0 Å². The van der Waals surface area contributed by atoms with Gasteiger partial charge in [-0.15, -0.1) is 0 Å². The van der Waals surface area contributed by atoms with Gasteiger partial charge in [-0.1, -0.05) is 18.2 Å². The minimum Gasteiger partial charge on any atom is -0.497 e. The second-order valence-corrected chi connectivity index (χ2v) is 4.69. The molecule has 0 aromatic heterocycles. The van der Waals surface area contributed by atoms with Crippen molar-refractivity contribution in [2.75, 3.05) is 23.9 Å². The van der Waals surface area contributed by atoms with Gasteiger partial charge in [0.05, 0.1) is 7.11 Å². The van der Waals surface area contributed by atoms with E-state index in [1.54, 1.807) is 12.0 Å². The molecule has 1 N–H and O–H groups in total. The maximum atomic E-state index is 12.3. The number of ether oxygens (including phenoxy) is 1. The molecule has 0 aliphatic carbocycles. The van der Waals surface area contributed by atoms with E-state index in [0.29, 0.717) is 6.54 Å². The van der Waals surface area contributed by atoms with Gasteiger partial charge in [0, 0.05) is 17.9 Å². The minimum absolute atomic E-state index is 0.0971. The first-order valence-electron chi connectivity index (χ1n) is 6.58. The van der Waals surface area contributed by atoms with Crippen LogP contribution in [0.2, 0.25) is 0 Å². The molecule has 3 rings (SSSR count). The monoisotopic (exact) mass is 268 g/mol. The van der Waals surface area contributed by atoms with Crippen molar-refractivity contribution in [3.8, 4) is 5.75 Å². The van der Waals surface area contributed by atoms with E-state index >= 15 is 0 Å². The zero-order valence-electron chi connectivity index (χ0n) is 11.3. The molecule has 0 spiro atoms. The highest BCUT2D eigenvalue weighted by Gasteiger charge is 2.24. The summed E-state index contributed by atoms with van der Waals surface area (Å²) in [5.41, 5.74) is 2.91. The van der Waals surface area contributed by atoms with Crippen LogP contribution < -0.4 is 15.0 Å². The van der Waals surface area contributed by atoms with Gasteiger partial charge in [-0.05, 0) is 42.3 Å². The van der Waals surface area contributed by atoms with Gasteiger partial charge >= 0.3 is 6.03 Å². The molecule has 0 fully saturated rings. The SMILES string of the molecule is COc1ccc2c(c1)CCN2C(=O)Nc1ccccc1. The largest absolute Gasteiger partial charge is 0.497 e. The first-order chi connectivity index (χ1) is 9.78. The molecule has 0 saturated heterocycles. The van der Waals surface area contributed by atoms with Crippen molar-refractivity contribution in [3.05, 3.63) is 54.1 Å². The lowest BCUT2D eigenvalue weighted by molar-refractivity contribution is 0.257. The van der Waals surface area contributed by atoms with Gasteiger partial charge in [0.2, 0.25) is 0 Å². The Labute approximate surface area is 118 Å². The predicted octanol–water partition coefficient (Wildman–Crippen LogP) is 3.29. The summed E-state index contributed by atoms with van der Waals surface area (Å²) in [6.45, 7) is 0.696. The number of carbonyl (C=O) groups is 1. The van der Waals surface area contributed by atoms with E-state index in [2.05, 4.69) is 5.32 Å². The van der Waals surface area contributed by atoms with Gasteiger partial charge in [0.15, 0.2) is 0 Å². The van der Waals surface area contributed by atoms with Crippen molar-refractivity contribution < 1.29 is 9.53 Å². The lowest BCUT2D eigenvalue weighted by Crippen LogP contribution is -2.33. The molecule has 4 heteroatoms. The van der Waals surface area contributed by atoms with Crippen LogP contribution in [0.5, 0.6) is 5.75 Å². The zero-order valence-corrected chi connectivity index (χ0v) is 11.3. The van der Waals surface area contributed by atoms with Crippen LogP contribution in [0, 0.1) is 0 Å². The summed E-state index contributed by atoms with van der Waals surface area (Å²) in [6, 6.07) is 15.2. The zero-order chi connectivity index (χ0) is 13.9. The maximum Gasteiger partial charge on any atom is 0.326 e. The summed E-state index contributed by atoms with van der Waals surface area (Å²) in [7, 11) is 1.65. The first kappa shape index (κ1) is 12.5. The average Bonchev–Trinajstić information content (AvgIpc) is 2.91. The number of amides is 2. The highest BCUT2D eigenvalue weighted by molar-refractivity contribution is 6.03. The second-order valence-electron chi connectivity index (χ2n) is 4.69. The molecule has 0 unspecified atom stereocenters. The third-order valence-electron chi connectivity index (χ3n) is 3.45. The van der Waals surface area contributed by atoms with Crippen LogP contribution >= 0.6 is 0 Å². The topological polar surface area (TPSA) is 41.6 Å². The number of nitrogens with zero attached hydrogens (tertiary/aromatic N) is 1. The number of hydrogen-bond donors (Lipinski definition) is 1. The highest BCUT2D eigenvalue weighted by Crippen LogP contribution is 2.31. The van der Waals surface area contributed by atoms with E-state index in [9.17, 15) is 4.79 Å². The van der Waals surface area contributed by atoms with Gasteiger partial charge in [-0.2, -0.15) is 0 Å². The predicted molar refractivity (Wildman–Crippen MR) is 79.5 cm³/mol. The normalized spacial score (nSPS) is 12.9. The van der Waals surface area contributed by atoms with Gasteiger partial charge in [-0.25, -0.2) is 4.79 Å². The lowest BCUT2D eigenvalue weighted by Gasteiger charge is -2.18. The van der Waals surface area contributed by atoms with Gasteiger partial charge in [-0.3, -0.25) is 4.90 Å². The molecule has 1 heterocycles. The van der Waals surface area contributed by atoms with E-state index in [0.717, 1.165) is 29.1 Å². The molecular formula is C16H16N2O2. The Hall–Kier alpha value is -2.49. The van der Waals surface area contributed by atoms with Crippen LogP contribution in [-0.4, -0.2) is 19.7 Å². The Morgan fingerprint density at radius 1 is 1.20 bits per heavy atom. The van der Waals surface area contributed by atoms with Crippen LogP contribution in [0.3, 0.4) is 0 Å². The van der Waals surface area contributed by atoms with Gasteiger partial charge in [0.25, 0.3) is 0 Å². The van der Waals surface area contributed by atoms with Crippen LogP contribution in [0.15, 0.2) is 48.5 Å². The number of benzene rings is 2. The average molecular weight is 268 g/mol. The number of urea groups is 1. The molecular weight excluding hydrogens is 252 g/mol. The van der Waals surface area contributed by atoms with Crippen molar-refractivity contribution in [2.24, 2.45) is 0 Å². The van der Waals surface area contributed by atoms with Crippen LogP contribution in [0.25, 0.3) is 0 Å². The molecule has 2 amide bonds. The smallest absolute Gasteiger partial charge is 0.326 e. The van der Waals surface area contributed by atoms with E-state index in [-0.39, 0.29) is 6.03 Å². The summed E-state index contributed by atoms with van der Waals surface area (Å²) in [5.74, 6) is 0.828. The Balaban J connectivity index is 1.79. The molecule has 1 aliphatic heterocycles. The number of carbonyl (C=O) groups excluding carboxylic acids is 1. The van der Waals surface area contributed by atoms with E-state index in [1.807, 2.05) is 48.5 Å². The quantitative estimate of drug-likeness (QED) is 0.908. The van der Waals surface area contributed by atoms with Crippen LogP contribution in [-0.2, 0) is 6.42 Å². The minimum atomic E-state index is -0.0971. The number of fused-ring (bicyclic) bond motifs is 1. The number of rotatable bonds is 2. The van der Waals surface area contributed by atoms with Crippen molar-refractivity contribution in [2.45, 2.75) is 6.42 Å². The van der Waals surface area contributed by atoms with Crippen LogP contribution in [0.1, 0.15) is 5.56 Å². The molecule has 0 radical (unpaired) electrons. The molecule has 2 aromatic rings. The molecule has 102 valence electrons. The van der Waals surface area contributed by atoms with E-state index in [4.69, 9.17) is 4.74 Å². The summed E-state index contributed by atoms with van der Waals surface area (Å²) in [5, 5.41) is 2.91. The third-order valence-corrected chi connectivity index (χ3v) is 3.45. The molecule has 4 nitrogen and oxygen atoms in total. The van der Waals surface area contributed by atoms with Gasteiger partial charge < -0.3 is 10.1 Å². The second kappa shape index (κ2) is 5.25. The van der Waals surface area contributed by atoms with Gasteiger partial charge in [0.1, 0.15) is 5.75 Å². The Morgan fingerprint density at radius 3 is 2.75 bits per heavy atom. The molecule has 2 aromatic carbocycles. The fraction of sp³-hybridized carbons (Fsp3) is 0.188. The summed E-state index contributed by atoms with van der Waals surface area (Å²) in [6.07, 6.45) is 0.856. The number of hydrogen-bond acceptors (Lipinski definition) is 2. The van der Waals surface area contributed by atoms with E-state index < -0.39 is 0 Å². The van der Waals surface area contributed by atoms with E-state index in [1.165, 1.54) is 0 Å². The van der Waals surface area contributed by atoms with Crippen molar-refractivity contribution in [3.63, 3.8) is 0 Å². The Bertz CT molecular complexity index is 626. The van der Waals surface area contributed by atoms with Crippen molar-refractivity contribution in [1.82, 2.24) is 0 Å². The van der Waals surface area contributed by atoms with Crippen molar-refractivity contribution >= 4 is 17.4 Å². The summed E-state index contributed by atoms with van der Waals surface area (Å²) < 4.78 is 5.21. The maximum absolute atomic E-state index is 12.3. The molecule has 0 bridgehead atoms. The number of nitrogens with one attached hydrogen (secondary N) is 1. The highest BCUT2D eigenvalue weighted by atomic mass is 16.5. The first-order valence-corrected chi connectivity index (χ1v) is 6.58. The Kier molecular flexibility index (Phi) is 3.29. The number of methoxy groups -OCH3 is 1. The number of anilines is 2. The number of para-hydroxylation sites is 1. The third kappa shape index (κ3) is 2.32. The molecule has 0 atom stereocenters. The standard InChI is InChI=1S/C16H16N2O2/c1-20-14-7-8-15-12(11-14)9-10-18(15)16(19)17-13-5-3-2-4-6-13/h2-8,11H,9-10H2,1H3,(H,17,19). The summed E-state index contributed by atoms with van der Waals surface area (Å²) >= 11 is 0. The lowest BCUT2D eigenvalue weighted by atomic mass is 10.1. The molecule has 1 aliphatic rings. The molecule has 20 heavy (non-hydrogen) atoms. The van der Waals surface area contributed by atoms with Crippen LogP contribution in [0.4, 0.5) is 16.2 Å². The molecule has 0 saturated carbocycles. The fourth-order valence-corrected chi connectivity index (χ4v) is 2.43. The Morgan fingerprint density at radius 2 is 2.00 bits per heavy atom. The fourth-order valence-electron chi connectivity index (χ4n) is 2.43.